The fourth-order valence-corrected chi connectivity index (χ4v) is 1.33. The first-order valence-electron chi connectivity index (χ1n) is 3.78. The summed E-state index contributed by atoms with van der Waals surface area (Å²) in [6.45, 7) is 1.89. The van der Waals surface area contributed by atoms with Crippen LogP contribution in [0.1, 0.15) is 26.2 Å². The van der Waals surface area contributed by atoms with Crippen molar-refractivity contribution in [3.8, 4) is 0 Å². The first-order valence-corrected chi connectivity index (χ1v) is 3.78. The minimum absolute atomic E-state index is 0.187. The molecule has 1 aliphatic rings. The van der Waals surface area contributed by atoms with Gasteiger partial charge in [0.2, 0.25) is 0 Å². The number of rotatable bonds is 1. The van der Waals surface area contributed by atoms with Crippen molar-refractivity contribution in [3.05, 3.63) is 11.6 Å². The van der Waals surface area contributed by atoms with E-state index in [4.69, 9.17) is 0 Å². The van der Waals surface area contributed by atoms with Crippen LogP contribution in [-0.4, -0.2) is 6.18 Å². The summed E-state index contributed by atoms with van der Waals surface area (Å²) in [6, 6.07) is 0. The first kappa shape index (κ1) is 8.62. The highest BCUT2D eigenvalue weighted by Crippen LogP contribution is 2.38. The van der Waals surface area contributed by atoms with Gasteiger partial charge in [-0.25, -0.2) is 0 Å². The average Bonchev–Trinajstić information content (AvgIpc) is 2.32. The third-order valence-electron chi connectivity index (χ3n) is 2.12. The second kappa shape index (κ2) is 2.88. The molecule has 0 saturated heterocycles. The van der Waals surface area contributed by atoms with Gasteiger partial charge in [-0.2, -0.15) is 13.2 Å². The van der Waals surface area contributed by atoms with Gasteiger partial charge in [0.05, 0.1) is 5.92 Å². The van der Waals surface area contributed by atoms with Crippen molar-refractivity contribution in [2.24, 2.45) is 5.92 Å². The summed E-state index contributed by atoms with van der Waals surface area (Å²) in [6.07, 6.45) is -1.11. The highest BCUT2D eigenvalue weighted by molar-refractivity contribution is 5.10. The van der Waals surface area contributed by atoms with E-state index < -0.39 is 12.1 Å². The molecule has 0 amide bonds. The Morgan fingerprint density at radius 3 is 2.45 bits per heavy atom. The molecule has 1 unspecified atom stereocenters. The Labute approximate surface area is 64.1 Å². The fourth-order valence-electron chi connectivity index (χ4n) is 1.33. The van der Waals surface area contributed by atoms with Gasteiger partial charge in [-0.1, -0.05) is 18.6 Å². The van der Waals surface area contributed by atoms with Crippen molar-refractivity contribution in [1.82, 2.24) is 0 Å². The molecule has 0 bridgehead atoms. The van der Waals surface area contributed by atoms with E-state index in [-0.39, 0.29) is 12.8 Å². The van der Waals surface area contributed by atoms with Crippen LogP contribution in [-0.2, 0) is 0 Å². The molecule has 0 aromatic rings. The number of hydrogen-bond acceptors (Lipinski definition) is 0. The van der Waals surface area contributed by atoms with Crippen LogP contribution in [0.3, 0.4) is 0 Å². The van der Waals surface area contributed by atoms with Crippen molar-refractivity contribution in [2.75, 3.05) is 0 Å². The number of hydrogen-bond donors (Lipinski definition) is 0. The van der Waals surface area contributed by atoms with E-state index in [2.05, 4.69) is 0 Å². The van der Waals surface area contributed by atoms with Gasteiger partial charge in [0, 0.05) is 0 Å². The molecular formula is C8H11F3. The summed E-state index contributed by atoms with van der Waals surface area (Å²) in [7, 11) is 0. The number of alkyl halides is 3. The zero-order chi connectivity index (χ0) is 8.48. The third-order valence-corrected chi connectivity index (χ3v) is 2.12. The van der Waals surface area contributed by atoms with Gasteiger partial charge in [-0.3, -0.25) is 0 Å². The number of allylic oxidation sites excluding steroid dienone is 2. The summed E-state index contributed by atoms with van der Waals surface area (Å²) in [5.41, 5.74) is 0.951. The van der Waals surface area contributed by atoms with E-state index in [1.54, 1.807) is 6.08 Å². The minimum atomic E-state index is -3.99. The Bertz CT molecular complexity index is 167. The van der Waals surface area contributed by atoms with Crippen molar-refractivity contribution >= 4 is 0 Å². The van der Waals surface area contributed by atoms with E-state index in [0.717, 1.165) is 12.0 Å². The Morgan fingerprint density at radius 1 is 1.55 bits per heavy atom. The molecule has 0 heterocycles. The highest BCUT2D eigenvalue weighted by atomic mass is 19.4. The van der Waals surface area contributed by atoms with Gasteiger partial charge >= 0.3 is 6.18 Å². The van der Waals surface area contributed by atoms with Gasteiger partial charge < -0.3 is 0 Å². The molecule has 0 fully saturated rings. The lowest BCUT2D eigenvalue weighted by Gasteiger charge is -2.13. The van der Waals surface area contributed by atoms with Crippen LogP contribution in [0.5, 0.6) is 0 Å². The van der Waals surface area contributed by atoms with Crippen LogP contribution >= 0.6 is 0 Å². The van der Waals surface area contributed by atoms with E-state index in [9.17, 15) is 13.2 Å². The molecule has 0 nitrogen and oxygen atoms in total. The first-order chi connectivity index (χ1) is 5.04. The van der Waals surface area contributed by atoms with Crippen molar-refractivity contribution in [3.63, 3.8) is 0 Å². The van der Waals surface area contributed by atoms with Crippen LogP contribution in [0.4, 0.5) is 13.2 Å². The van der Waals surface area contributed by atoms with Crippen LogP contribution in [0, 0.1) is 5.92 Å². The monoisotopic (exact) mass is 164 g/mol. The van der Waals surface area contributed by atoms with Crippen LogP contribution < -0.4 is 0 Å². The molecule has 0 aromatic heterocycles. The third kappa shape index (κ3) is 1.98. The molecule has 0 radical (unpaired) electrons. The minimum Gasteiger partial charge on any atom is -0.171 e. The van der Waals surface area contributed by atoms with Crippen LogP contribution in [0.15, 0.2) is 11.6 Å². The van der Waals surface area contributed by atoms with Gasteiger partial charge in [0.15, 0.2) is 0 Å². The van der Waals surface area contributed by atoms with Gasteiger partial charge in [0.1, 0.15) is 0 Å². The summed E-state index contributed by atoms with van der Waals surface area (Å²) >= 11 is 0. The van der Waals surface area contributed by atoms with Gasteiger partial charge in [-0.15, -0.1) is 0 Å². The second-order valence-electron chi connectivity index (χ2n) is 2.89. The van der Waals surface area contributed by atoms with Gasteiger partial charge in [0.25, 0.3) is 0 Å². The zero-order valence-electron chi connectivity index (χ0n) is 6.41. The predicted octanol–water partition coefficient (Wildman–Crippen LogP) is 3.30. The molecule has 11 heavy (non-hydrogen) atoms. The summed E-state index contributed by atoms with van der Waals surface area (Å²) < 4.78 is 36.1. The fraction of sp³-hybridized carbons (Fsp3) is 0.750. The summed E-state index contributed by atoms with van der Waals surface area (Å²) in [5.74, 6) is -1.10. The van der Waals surface area contributed by atoms with Crippen LogP contribution in [0.25, 0.3) is 0 Å². The van der Waals surface area contributed by atoms with E-state index >= 15 is 0 Å². The quantitative estimate of drug-likeness (QED) is 0.521. The Kier molecular flexibility index (Phi) is 2.25. The van der Waals surface area contributed by atoms with Gasteiger partial charge in [-0.05, 0) is 19.3 Å². The molecule has 0 saturated carbocycles. The Morgan fingerprint density at radius 2 is 2.18 bits per heavy atom. The Hall–Kier alpha value is -0.470. The standard InChI is InChI=1S/C8H11F3/c1-2-6-3-4-7(5-6)8(9,10)11/h3,7H,2,4-5H2,1H3. The van der Waals surface area contributed by atoms with Crippen molar-refractivity contribution in [2.45, 2.75) is 32.4 Å². The average molecular weight is 164 g/mol. The topological polar surface area (TPSA) is 0 Å². The second-order valence-corrected chi connectivity index (χ2v) is 2.89. The SMILES string of the molecule is CCC1=CCC(C(F)(F)F)C1. The molecular weight excluding hydrogens is 153 g/mol. The predicted molar refractivity (Wildman–Crippen MR) is 37.2 cm³/mol. The van der Waals surface area contributed by atoms with E-state index in [0.29, 0.717) is 0 Å². The maximum absolute atomic E-state index is 12.0. The summed E-state index contributed by atoms with van der Waals surface area (Å²) in [5, 5.41) is 0. The molecule has 64 valence electrons. The lowest BCUT2D eigenvalue weighted by molar-refractivity contribution is -0.171. The number of halogens is 3. The van der Waals surface area contributed by atoms with E-state index in [1.165, 1.54) is 0 Å². The van der Waals surface area contributed by atoms with Crippen molar-refractivity contribution < 1.29 is 13.2 Å². The molecule has 0 aliphatic heterocycles. The smallest absolute Gasteiger partial charge is 0.171 e. The largest absolute Gasteiger partial charge is 0.392 e. The molecule has 3 heteroatoms. The van der Waals surface area contributed by atoms with Crippen molar-refractivity contribution in [1.29, 1.82) is 0 Å². The molecule has 0 N–H and O–H groups in total. The molecule has 1 aliphatic carbocycles. The maximum atomic E-state index is 12.0. The lowest BCUT2D eigenvalue weighted by atomic mass is 10.0. The molecule has 0 aromatic carbocycles. The zero-order valence-corrected chi connectivity index (χ0v) is 6.41. The maximum Gasteiger partial charge on any atom is 0.392 e. The highest BCUT2D eigenvalue weighted by Gasteiger charge is 2.40. The summed E-state index contributed by atoms with van der Waals surface area (Å²) in [4.78, 5) is 0. The molecule has 1 rings (SSSR count). The van der Waals surface area contributed by atoms with Crippen LogP contribution in [0.2, 0.25) is 0 Å². The normalized spacial score (nSPS) is 25.5. The lowest BCUT2D eigenvalue weighted by Crippen LogP contribution is -2.20. The van der Waals surface area contributed by atoms with E-state index in [1.807, 2.05) is 6.92 Å². The Balaban J connectivity index is 2.48. The molecule has 0 spiro atoms. The molecule has 1 atom stereocenters.